The van der Waals surface area contributed by atoms with E-state index in [2.05, 4.69) is 0 Å². The van der Waals surface area contributed by atoms with Gasteiger partial charge in [0, 0.05) is 13.1 Å². The summed E-state index contributed by atoms with van der Waals surface area (Å²) in [5, 5.41) is 9.62. The summed E-state index contributed by atoms with van der Waals surface area (Å²) < 4.78 is 11.2. The standard InChI is InChI=1S/C14H17NO4/c16-10-4-3-7-15(8-10)14(17)13-9-18-11-5-1-2-6-12(11)19-13/h1-2,5-6,10,13,16H,3-4,7-9H2/t10-,13?/m0/s1. The first-order valence-corrected chi connectivity index (χ1v) is 6.59. The van der Waals surface area contributed by atoms with E-state index < -0.39 is 12.2 Å². The first-order valence-electron chi connectivity index (χ1n) is 6.59. The summed E-state index contributed by atoms with van der Waals surface area (Å²) in [4.78, 5) is 14.0. The van der Waals surface area contributed by atoms with Crippen LogP contribution >= 0.6 is 0 Å². The molecule has 2 aliphatic rings. The molecular weight excluding hydrogens is 246 g/mol. The third-order valence-corrected chi connectivity index (χ3v) is 3.49. The Labute approximate surface area is 111 Å². The van der Waals surface area contributed by atoms with Crippen molar-refractivity contribution in [3.8, 4) is 11.5 Å². The van der Waals surface area contributed by atoms with Gasteiger partial charge in [0.2, 0.25) is 6.10 Å². The van der Waals surface area contributed by atoms with E-state index in [1.165, 1.54) is 0 Å². The monoisotopic (exact) mass is 263 g/mol. The van der Waals surface area contributed by atoms with E-state index in [9.17, 15) is 9.90 Å². The molecule has 0 bridgehead atoms. The molecule has 2 heterocycles. The van der Waals surface area contributed by atoms with Crippen LogP contribution in [0.25, 0.3) is 0 Å². The number of ether oxygens (including phenoxy) is 2. The van der Waals surface area contributed by atoms with Crippen LogP contribution in [0.15, 0.2) is 24.3 Å². The lowest BCUT2D eigenvalue weighted by atomic mass is 10.1. The maximum Gasteiger partial charge on any atom is 0.267 e. The summed E-state index contributed by atoms with van der Waals surface area (Å²) in [6.45, 7) is 1.29. The molecular formula is C14H17NO4. The van der Waals surface area contributed by atoms with Gasteiger partial charge in [-0.05, 0) is 25.0 Å². The van der Waals surface area contributed by atoms with E-state index in [-0.39, 0.29) is 12.5 Å². The minimum absolute atomic E-state index is 0.103. The summed E-state index contributed by atoms with van der Waals surface area (Å²) in [7, 11) is 0. The second-order valence-electron chi connectivity index (χ2n) is 4.94. The molecule has 1 aromatic carbocycles. The number of nitrogens with zero attached hydrogens (tertiary/aromatic N) is 1. The number of carbonyl (C=O) groups excluding carboxylic acids is 1. The van der Waals surface area contributed by atoms with Gasteiger partial charge in [-0.2, -0.15) is 0 Å². The first-order chi connectivity index (χ1) is 9.24. The molecule has 1 aromatic rings. The van der Waals surface area contributed by atoms with E-state index in [0.717, 1.165) is 12.8 Å². The Morgan fingerprint density at radius 3 is 2.89 bits per heavy atom. The lowest BCUT2D eigenvalue weighted by Crippen LogP contribution is -2.50. The van der Waals surface area contributed by atoms with Gasteiger partial charge in [0.05, 0.1) is 6.10 Å². The van der Waals surface area contributed by atoms with Crippen LogP contribution in [-0.4, -0.2) is 47.8 Å². The lowest BCUT2D eigenvalue weighted by Gasteiger charge is -2.34. The summed E-state index contributed by atoms with van der Waals surface area (Å²) in [6, 6.07) is 7.32. The molecule has 5 nitrogen and oxygen atoms in total. The van der Waals surface area contributed by atoms with Gasteiger partial charge in [-0.3, -0.25) is 4.79 Å². The third kappa shape index (κ3) is 2.51. The summed E-state index contributed by atoms with van der Waals surface area (Å²) >= 11 is 0. The van der Waals surface area contributed by atoms with Gasteiger partial charge in [0.15, 0.2) is 11.5 Å². The van der Waals surface area contributed by atoms with Crippen molar-refractivity contribution in [3.05, 3.63) is 24.3 Å². The van der Waals surface area contributed by atoms with E-state index in [1.54, 1.807) is 11.0 Å². The van der Waals surface area contributed by atoms with E-state index in [4.69, 9.17) is 9.47 Å². The van der Waals surface area contributed by atoms with Gasteiger partial charge < -0.3 is 19.5 Å². The zero-order valence-electron chi connectivity index (χ0n) is 10.6. The number of piperidine rings is 1. The van der Waals surface area contributed by atoms with Crippen molar-refractivity contribution >= 4 is 5.91 Å². The summed E-state index contributed by atoms with van der Waals surface area (Å²) in [5.74, 6) is 1.17. The average Bonchev–Trinajstić information content (AvgIpc) is 2.46. The predicted octanol–water partition coefficient (Wildman–Crippen LogP) is 0.810. The fraction of sp³-hybridized carbons (Fsp3) is 0.500. The number of aliphatic hydroxyl groups is 1. The topological polar surface area (TPSA) is 59.0 Å². The third-order valence-electron chi connectivity index (χ3n) is 3.49. The van der Waals surface area contributed by atoms with Gasteiger partial charge in [0.1, 0.15) is 6.61 Å². The molecule has 0 aliphatic carbocycles. The lowest BCUT2D eigenvalue weighted by molar-refractivity contribution is -0.144. The molecule has 2 atom stereocenters. The molecule has 19 heavy (non-hydrogen) atoms. The first kappa shape index (κ1) is 12.3. The number of aliphatic hydroxyl groups excluding tert-OH is 1. The van der Waals surface area contributed by atoms with Crippen LogP contribution in [0.2, 0.25) is 0 Å². The Morgan fingerprint density at radius 2 is 2.11 bits per heavy atom. The molecule has 5 heteroatoms. The molecule has 1 saturated heterocycles. The highest BCUT2D eigenvalue weighted by molar-refractivity contribution is 5.82. The maximum atomic E-state index is 12.3. The van der Waals surface area contributed by atoms with E-state index >= 15 is 0 Å². The zero-order valence-corrected chi connectivity index (χ0v) is 10.6. The van der Waals surface area contributed by atoms with Crippen LogP contribution in [0.3, 0.4) is 0 Å². The Bertz CT molecular complexity index is 476. The molecule has 1 fully saturated rings. The number of benzene rings is 1. The number of β-amino-alcohol motifs (C(OH)–C–C–N with tert-alkyl or cyclic N) is 1. The highest BCUT2D eigenvalue weighted by Gasteiger charge is 2.33. The van der Waals surface area contributed by atoms with E-state index in [0.29, 0.717) is 24.6 Å². The van der Waals surface area contributed by atoms with Crippen LogP contribution in [-0.2, 0) is 4.79 Å². The fourth-order valence-electron chi connectivity index (χ4n) is 2.50. The summed E-state index contributed by atoms with van der Waals surface area (Å²) in [5.41, 5.74) is 0. The van der Waals surface area contributed by atoms with Crippen LogP contribution in [0.4, 0.5) is 0 Å². The Hall–Kier alpha value is -1.75. The van der Waals surface area contributed by atoms with Crippen LogP contribution < -0.4 is 9.47 Å². The van der Waals surface area contributed by atoms with Gasteiger partial charge in [-0.25, -0.2) is 0 Å². The largest absolute Gasteiger partial charge is 0.485 e. The highest BCUT2D eigenvalue weighted by atomic mass is 16.6. The number of rotatable bonds is 1. The van der Waals surface area contributed by atoms with Gasteiger partial charge in [0.25, 0.3) is 5.91 Å². The van der Waals surface area contributed by atoms with Crippen LogP contribution in [0.5, 0.6) is 11.5 Å². The summed E-state index contributed by atoms with van der Waals surface area (Å²) in [6.07, 6.45) is 0.556. The Morgan fingerprint density at radius 1 is 1.32 bits per heavy atom. The van der Waals surface area contributed by atoms with E-state index in [1.807, 2.05) is 18.2 Å². The predicted molar refractivity (Wildman–Crippen MR) is 68.2 cm³/mol. The molecule has 1 N–H and O–H groups in total. The smallest absolute Gasteiger partial charge is 0.267 e. The average molecular weight is 263 g/mol. The maximum absolute atomic E-state index is 12.3. The number of carbonyl (C=O) groups is 1. The number of fused-ring (bicyclic) bond motifs is 1. The number of hydrogen-bond donors (Lipinski definition) is 1. The minimum atomic E-state index is -0.611. The molecule has 0 spiro atoms. The normalized spacial score (nSPS) is 26.1. The van der Waals surface area contributed by atoms with Gasteiger partial charge in [-0.1, -0.05) is 12.1 Å². The van der Waals surface area contributed by atoms with Crippen LogP contribution in [0.1, 0.15) is 12.8 Å². The number of para-hydroxylation sites is 2. The Balaban J connectivity index is 1.69. The second kappa shape index (κ2) is 5.09. The minimum Gasteiger partial charge on any atom is -0.485 e. The van der Waals surface area contributed by atoms with Crippen molar-refractivity contribution < 1.29 is 19.4 Å². The van der Waals surface area contributed by atoms with Crippen molar-refractivity contribution in [1.29, 1.82) is 0 Å². The molecule has 1 amide bonds. The number of likely N-dealkylation sites (tertiary alicyclic amines) is 1. The highest BCUT2D eigenvalue weighted by Crippen LogP contribution is 2.31. The molecule has 3 rings (SSSR count). The van der Waals surface area contributed by atoms with Crippen molar-refractivity contribution in [3.63, 3.8) is 0 Å². The molecule has 0 saturated carbocycles. The van der Waals surface area contributed by atoms with Crippen molar-refractivity contribution in [1.82, 2.24) is 4.90 Å². The van der Waals surface area contributed by atoms with Crippen LogP contribution in [0, 0.1) is 0 Å². The van der Waals surface area contributed by atoms with Gasteiger partial charge >= 0.3 is 0 Å². The number of hydrogen-bond acceptors (Lipinski definition) is 4. The zero-order chi connectivity index (χ0) is 13.2. The number of amides is 1. The fourth-order valence-corrected chi connectivity index (χ4v) is 2.50. The van der Waals surface area contributed by atoms with Crippen molar-refractivity contribution in [2.24, 2.45) is 0 Å². The van der Waals surface area contributed by atoms with Crippen molar-refractivity contribution in [2.75, 3.05) is 19.7 Å². The molecule has 102 valence electrons. The van der Waals surface area contributed by atoms with Crippen molar-refractivity contribution in [2.45, 2.75) is 25.0 Å². The second-order valence-corrected chi connectivity index (χ2v) is 4.94. The molecule has 0 radical (unpaired) electrons. The molecule has 2 aliphatic heterocycles. The molecule has 1 unspecified atom stereocenters. The Kier molecular flexibility index (Phi) is 3.29. The van der Waals surface area contributed by atoms with Gasteiger partial charge in [-0.15, -0.1) is 0 Å². The quantitative estimate of drug-likeness (QED) is 0.814. The molecule has 0 aromatic heterocycles. The SMILES string of the molecule is O=C(C1COc2ccccc2O1)N1CCC[C@H](O)C1.